The molecule has 20 heavy (non-hydrogen) atoms. The highest BCUT2D eigenvalue weighted by molar-refractivity contribution is 5.92. The van der Waals surface area contributed by atoms with E-state index in [0.717, 1.165) is 24.8 Å². The molecule has 1 aliphatic rings. The third kappa shape index (κ3) is 2.50. The van der Waals surface area contributed by atoms with Gasteiger partial charge in [0.05, 0.1) is 0 Å². The van der Waals surface area contributed by atoms with Crippen molar-refractivity contribution in [1.82, 2.24) is 10.3 Å². The molecule has 1 aromatic heterocycles. The molecule has 0 spiro atoms. The zero-order chi connectivity index (χ0) is 13.9. The van der Waals surface area contributed by atoms with Crippen LogP contribution in [-0.4, -0.2) is 31.2 Å². The van der Waals surface area contributed by atoms with Gasteiger partial charge in [-0.05, 0) is 44.2 Å². The first-order chi connectivity index (χ1) is 9.79. The van der Waals surface area contributed by atoms with E-state index in [4.69, 9.17) is 0 Å². The van der Waals surface area contributed by atoms with Gasteiger partial charge in [-0.15, -0.1) is 0 Å². The summed E-state index contributed by atoms with van der Waals surface area (Å²) in [6.45, 7) is 4.51. The van der Waals surface area contributed by atoms with Crippen molar-refractivity contribution in [3.05, 3.63) is 36.5 Å². The lowest BCUT2D eigenvalue weighted by molar-refractivity contribution is 0.323. The molecular weight excluding hydrogens is 246 g/mol. The van der Waals surface area contributed by atoms with E-state index in [-0.39, 0.29) is 0 Å². The summed E-state index contributed by atoms with van der Waals surface area (Å²) in [5.74, 6) is 1.94. The third-order valence-electron chi connectivity index (χ3n) is 4.65. The van der Waals surface area contributed by atoms with E-state index in [0.29, 0.717) is 6.04 Å². The lowest BCUT2D eigenvalue weighted by Crippen LogP contribution is -2.41. The molecule has 1 saturated heterocycles. The van der Waals surface area contributed by atoms with Gasteiger partial charge in [-0.25, -0.2) is 4.98 Å². The summed E-state index contributed by atoms with van der Waals surface area (Å²) in [7, 11) is 2.06. The largest absolute Gasteiger partial charge is 0.356 e. The van der Waals surface area contributed by atoms with E-state index in [9.17, 15) is 0 Å². The number of fused-ring (bicyclic) bond motifs is 1. The van der Waals surface area contributed by atoms with Crippen LogP contribution >= 0.6 is 0 Å². The molecule has 106 valence electrons. The van der Waals surface area contributed by atoms with Gasteiger partial charge in [0.25, 0.3) is 0 Å². The van der Waals surface area contributed by atoms with Gasteiger partial charge >= 0.3 is 0 Å². The maximum absolute atomic E-state index is 4.63. The van der Waals surface area contributed by atoms with Crippen molar-refractivity contribution in [2.24, 2.45) is 5.92 Å². The molecule has 3 nitrogen and oxygen atoms in total. The number of nitrogens with zero attached hydrogens (tertiary/aromatic N) is 2. The number of piperidine rings is 1. The smallest absolute Gasteiger partial charge is 0.136 e. The van der Waals surface area contributed by atoms with Crippen molar-refractivity contribution in [1.29, 1.82) is 0 Å². The van der Waals surface area contributed by atoms with Crippen LogP contribution in [0.4, 0.5) is 5.82 Å². The highest BCUT2D eigenvalue weighted by Gasteiger charge is 2.24. The zero-order valence-electron chi connectivity index (χ0n) is 12.3. The molecule has 2 aromatic rings. The van der Waals surface area contributed by atoms with E-state index >= 15 is 0 Å². The zero-order valence-corrected chi connectivity index (χ0v) is 12.3. The molecule has 1 aromatic carbocycles. The minimum absolute atomic E-state index is 0.609. The second kappa shape index (κ2) is 5.80. The number of hydrogen-bond acceptors (Lipinski definition) is 3. The summed E-state index contributed by atoms with van der Waals surface area (Å²) in [6.07, 6.45) is 4.42. The van der Waals surface area contributed by atoms with Crippen LogP contribution in [-0.2, 0) is 0 Å². The van der Waals surface area contributed by atoms with Crippen LogP contribution in [0.25, 0.3) is 10.8 Å². The monoisotopic (exact) mass is 269 g/mol. The number of nitrogens with one attached hydrogen (secondary N) is 1. The Balaban J connectivity index is 1.80. The molecule has 3 heteroatoms. The Kier molecular flexibility index (Phi) is 3.88. The second-order valence-corrected chi connectivity index (χ2v) is 5.76. The molecule has 0 amide bonds. The molecule has 1 atom stereocenters. The normalized spacial score (nSPS) is 18.4. The molecule has 0 bridgehead atoms. The van der Waals surface area contributed by atoms with E-state index in [1.807, 2.05) is 6.20 Å². The maximum atomic E-state index is 4.63. The average Bonchev–Trinajstić information content (AvgIpc) is 2.54. The fourth-order valence-corrected chi connectivity index (χ4v) is 3.20. The number of benzene rings is 1. The summed E-state index contributed by atoms with van der Waals surface area (Å²) < 4.78 is 0. The first kappa shape index (κ1) is 13.4. The minimum atomic E-state index is 0.609. The maximum Gasteiger partial charge on any atom is 0.136 e. The van der Waals surface area contributed by atoms with Crippen LogP contribution in [0.15, 0.2) is 36.5 Å². The number of anilines is 1. The first-order valence-electron chi connectivity index (χ1n) is 7.55. The van der Waals surface area contributed by atoms with Crippen molar-refractivity contribution in [3.8, 4) is 0 Å². The van der Waals surface area contributed by atoms with Gasteiger partial charge in [-0.3, -0.25) is 0 Å². The Bertz CT molecular complexity index is 568. The average molecular weight is 269 g/mol. The second-order valence-electron chi connectivity index (χ2n) is 5.76. The van der Waals surface area contributed by atoms with Crippen molar-refractivity contribution < 1.29 is 0 Å². The van der Waals surface area contributed by atoms with Crippen LogP contribution in [0, 0.1) is 5.92 Å². The number of hydrogen-bond donors (Lipinski definition) is 1. The number of pyridine rings is 1. The van der Waals surface area contributed by atoms with Gasteiger partial charge in [0.1, 0.15) is 5.82 Å². The summed E-state index contributed by atoms with van der Waals surface area (Å²) >= 11 is 0. The van der Waals surface area contributed by atoms with Crippen LogP contribution in [0.5, 0.6) is 0 Å². The SMILES string of the molecule is CNC(C)C1CCN(c2nccc3ccccc23)CC1. The highest BCUT2D eigenvalue weighted by atomic mass is 15.2. The van der Waals surface area contributed by atoms with Gasteiger partial charge in [-0.2, -0.15) is 0 Å². The first-order valence-corrected chi connectivity index (χ1v) is 7.55. The number of rotatable bonds is 3. The van der Waals surface area contributed by atoms with Crippen LogP contribution in [0.2, 0.25) is 0 Å². The summed E-state index contributed by atoms with van der Waals surface area (Å²) in [5, 5.41) is 5.94. The summed E-state index contributed by atoms with van der Waals surface area (Å²) in [4.78, 5) is 7.08. The Hall–Kier alpha value is -1.61. The van der Waals surface area contributed by atoms with E-state index in [1.54, 1.807) is 0 Å². The molecule has 1 unspecified atom stereocenters. The molecule has 0 saturated carbocycles. The third-order valence-corrected chi connectivity index (χ3v) is 4.65. The molecule has 0 aliphatic carbocycles. The van der Waals surface area contributed by atoms with Crippen LogP contribution in [0.1, 0.15) is 19.8 Å². The Labute approximate surface area is 121 Å². The van der Waals surface area contributed by atoms with Crippen molar-refractivity contribution in [2.45, 2.75) is 25.8 Å². The van der Waals surface area contributed by atoms with Crippen molar-refractivity contribution >= 4 is 16.6 Å². The number of aromatic nitrogens is 1. The molecule has 3 rings (SSSR count). The summed E-state index contributed by atoms with van der Waals surface area (Å²) in [5.41, 5.74) is 0. The molecule has 1 N–H and O–H groups in total. The van der Waals surface area contributed by atoms with Crippen LogP contribution < -0.4 is 10.2 Å². The quantitative estimate of drug-likeness (QED) is 0.928. The molecule has 2 heterocycles. The molecule has 1 fully saturated rings. The van der Waals surface area contributed by atoms with Crippen molar-refractivity contribution in [3.63, 3.8) is 0 Å². The van der Waals surface area contributed by atoms with Gasteiger partial charge in [0.2, 0.25) is 0 Å². The van der Waals surface area contributed by atoms with Gasteiger partial charge < -0.3 is 10.2 Å². The van der Waals surface area contributed by atoms with Crippen molar-refractivity contribution in [2.75, 3.05) is 25.0 Å². The topological polar surface area (TPSA) is 28.2 Å². The lowest BCUT2D eigenvalue weighted by Gasteiger charge is -2.35. The van der Waals surface area contributed by atoms with Gasteiger partial charge in [-0.1, -0.05) is 24.3 Å². The standard InChI is InChI=1S/C17H23N3/c1-13(18-2)14-8-11-20(12-9-14)17-16-6-4-3-5-15(16)7-10-19-17/h3-7,10,13-14,18H,8-9,11-12H2,1-2H3. The summed E-state index contributed by atoms with van der Waals surface area (Å²) in [6, 6.07) is 11.2. The Morgan fingerprint density at radius 1 is 1.20 bits per heavy atom. The van der Waals surface area contributed by atoms with Gasteiger partial charge in [0.15, 0.2) is 0 Å². The predicted octanol–water partition coefficient (Wildman–Crippen LogP) is 3.06. The van der Waals surface area contributed by atoms with E-state index in [1.165, 1.54) is 23.6 Å². The fraction of sp³-hybridized carbons (Fsp3) is 0.471. The van der Waals surface area contributed by atoms with Gasteiger partial charge in [0, 0.05) is 30.7 Å². The van der Waals surface area contributed by atoms with E-state index < -0.39 is 0 Å². The molecular formula is C17H23N3. The molecule has 1 aliphatic heterocycles. The fourth-order valence-electron chi connectivity index (χ4n) is 3.20. The Morgan fingerprint density at radius 3 is 2.70 bits per heavy atom. The minimum Gasteiger partial charge on any atom is -0.356 e. The highest BCUT2D eigenvalue weighted by Crippen LogP contribution is 2.29. The predicted molar refractivity (Wildman–Crippen MR) is 85.2 cm³/mol. The molecule has 0 radical (unpaired) electrons. The Morgan fingerprint density at radius 2 is 1.95 bits per heavy atom. The van der Waals surface area contributed by atoms with E-state index in [2.05, 4.69) is 59.5 Å². The lowest BCUT2D eigenvalue weighted by atomic mass is 9.90. The van der Waals surface area contributed by atoms with Crippen LogP contribution in [0.3, 0.4) is 0 Å².